The van der Waals surface area contributed by atoms with Crippen molar-refractivity contribution in [3.8, 4) is 0 Å². The van der Waals surface area contributed by atoms with Crippen LogP contribution in [0.1, 0.15) is 29.9 Å². The average molecular weight is 374 g/mol. The maximum atomic E-state index is 12.4. The van der Waals surface area contributed by atoms with E-state index in [0.29, 0.717) is 30.0 Å². The first kappa shape index (κ1) is 19.2. The third-order valence-electron chi connectivity index (χ3n) is 4.30. The molecule has 0 spiro atoms. The molecular formula is C22H22N4O2. The number of hydrogen-bond donors (Lipinski definition) is 1. The number of anilines is 1. The monoisotopic (exact) mass is 374 g/mol. The van der Waals surface area contributed by atoms with Gasteiger partial charge in [-0.05, 0) is 50.3 Å². The molecule has 0 saturated heterocycles. The minimum atomic E-state index is -0.303. The molecule has 1 N–H and O–H groups in total. The summed E-state index contributed by atoms with van der Waals surface area (Å²) in [6.45, 7) is 5.16. The van der Waals surface area contributed by atoms with Gasteiger partial charge in [0.05, 0.1) is 22.9 Å². The summed E-state index contributed by atoms with van der Waals surface area (Å²) in [6.07, 6.45) is 4.63. The molecule has 28 heavy (non-hydrogen) atoms. The van der Waals surface area contributed by atoms with Crippen LogP contribution in [-0.2, 0) is 4.79 Å². The predicted molar refractivity (Wildman–Crippen MR) is 111 cm³/mol. The van der Waals surface area contributed by atoms with Crippen molar-refractivity contribution in [2.75, 3.05) is 18.4 Å². The number of carbonyl (C=O) groups excluding carboxylic acids is 2. The topological polar surface area (TPSA) is 75.2 Å². The Balaban J connectivity index is 1.69. The molecule has 0 saturated carbocycles. The first-order chi connectivity index (χ1) is 13.6. The minimum absolute atomic E-state index is 0.0527. The fourth-order valence-electron chi connectivity index (χ4n) is 2.82. The number of fused-ring (bicyclic) bond motifs is 1. The molecule has 0 radical (unpaired) electrons. The Hall–Kier alpha value is -3.54. The van der Waals surface area contributed by atoms with E-state index < -0.39 is 0 Å². The van der Waals surface area contributed by atoms with Crippen LogP contribution in [0.5, 0.6) is 0 Å². The summed E-state index contributed by atoms with van der Waals surface area (Å²) in [5.74, 6) is -0.356. The summed E-state index contributed by atoms with van der Waals surface area (Å²) in [5, 5.41) is 2.77. The molecule has 142 valence electrons. The SMILES string of the molecule is CCN(CC)C(=O)c1cccc(NC(=O)/C=C/c2cnc3ccccc3n2)c1. The van der Waals surface area contributed by atoms with Crippen molar-refractivity contribution in [1.82, 2.24) is 14.9 Å². The molecule has 2 aromatic carbocycles. The van der Waals surface area contributed by atoms with Crippen molar-refractivity contribution in [1.29, 1.82) is 0 Å². The molecule has 6 heteroatoms. The molecule has 0 aliphatic rings. The quantitative estimate of drug-likeness (QED) is 0.667. The highest BCUT2D eigenvalue weighted by Crippen LogP contribution is 2.14. The lowest BCUT2D eigenvalue weighted by molar-refractivity contribution is -0.111. The van der Waals surface area contributed by atoms with E-state index in [9.17, 15) is 9.59 Å². The van der Waals surface area contributed by atoms with Gasteiger partial charge >= 0.3 is 0 Å². The van der Waals surface area contributed by atoms with Gasteiger partial charge in [-0.2, -0.15) is 0 Å². The maximum Gasteiger partial charge on any atom is 0.253 e. The van der Waals surface area contributed by atoms with Crippen LogP contribution in [0.25, 0.3) is 17.1 Å². The molecule has 1 aromatic heterocycles. The first-order valence-corrected chi connectivity index (χ1v) is 9.21. The number of carbonyl (C=O) groups is 2. The summed E-state index contributed by atoms with van der Waals surface area (Å²) in [7, 11) is 0. The Morgan fingerprint density at radius 2 is 1.79 bits per heavy atom. The van der Waals surface area contributed by atoms with Gasteiger partial charge in [-0.1, -0.05) is 18.2 Å². The average Bonchev–Trinajstić information content (AvgIpc) is 2.73. The van der Waals surface area contributed by atoms with Crippen LogP contribution in [-0.4, -0.2) is 39.8 Å². The zero-order valence-electron chi connectivity index (χ0n) is 15.9. The lowest BCUT2D eigenvalue weighted by Gasteiger charge is -2.18. The van der Waals surface area contributed by atoms with E-state index in [1.165, 1.54) is 6.08 Å². The third-order valence-corrected chi connectivity index (χ3v) is 4.30. The zero-order valence-corrected chi connectivity index (χ0v) is 15.9. The van der Waals surface area contributed by atoms with E-state index in [-0.39, 0.29) is 11.8 Å². The molecular weight excluding hydrogens is 352 g/mol. The largest absolute Gasteiger partial charge is 0.339 e. The van der Waals surface area contributed by atoms with Crippen LogP contribution in [0.3, 0.4) is 0 Å². The van der Waals surface area contributed by atoms with Gasteiger partial charge < -0.3 is 10.2 Å². The van der Waals surface area contributed by atoms with Crippen molar-refractivity contribution >= 4 is 34.6 Å². The molecule has 3 aromatic rings. The fraction of sp³-hybridized carbons (Fsp3) is 0.182. The number of para-hydroxylation sites is 2. The molecule has 0 unspecified atom stereocenters. The van der Waals surface area contributed by atoms with E-state index in [2.05, 4.69) is 15.3 Å². The fourth-order valence-corrected chi connectivity index (χ4v) is 2.82. The number of rotatable bonds is 6. The normalized spacial score (nSPS) is 10.9. The smallest absolute Gasteiger partial charge is 0.253 e. The van der Waals surface area contributed by atoms with Gasteiger partial charge in [0.15, 0.2) is 0 Å². The molecule has 0 bridgehead atoms. The third kappa shape index (κ3) is 4.59. The minimum Gasteiger partial charge on any atom is -0.339 e. The van der Waals surface area contributed by atoms with Crippen LogP contribution < -0.4 is 5.32 Å². The summed E-state index contributed by atoms with van der Waals surface area (Å²) in [4.78, 5) is 35.2. The molecule has 3 rings (SSSR count). The predicted octanol–water partition coefficient (Wildman–Crippen LogP) is 3.76. The van der Waals surface area contributed by atoms with Gasteiger partial charge in [0, 0.05) is 30.4 Å². The molecule has 0 fully saturated rings. The highest BCUT2D eigenvalue weighted by atomic mass is 16.2. The number of aromatic nitrogens is 2. The van der Waals surface area contributed by atoms with Gasteiger partial charge in [-0.15, -0.1) is 0 Å². The zero-order chi connectivity index (χ0) is 19.9. The first-order valence-electron chi connectivity index (χ1n) is 9.21. The van der Waals surface area contributed by atoms with Gasteiger partial charge in [0.25, 0.3) is 5.91 Å². The van der Waals surface area contributed by atoms with E-state index >= 15 is 0 Å². The van der Waals surface area contributed by atoms with Crippen LogP contribution in [0.4, 0.5) is 5.69 Å². The van der Waals surface area contributed by atoms with Crippen molar-refractivity contribution < 1.29 is 9.59 Å². The van der Waals surface area contributed by atoms with Crippen LogP contribution in [0.15, 0.2) is 60.8 Å². The van der Waals surface area contributed by atoms with Gasteiger partial charge in [0.2, 0.25) is 5.91 Å². The summed E-state index contributed by atoms with van der Waals surface area (Å²) in [6, 6.07) is 14.5. The Morgan fingerprint density at radius 3 is 2.54 bits per heavy atom. The number of hydrogen-bond acceptors (Lipinski definition) is 4. The summed E-state index contributed by atoms with van der Waals surface area (Å²) in [5.41, 5.74) is 3.29. The number of amides is 2. The Morgan fingerprint density at radius 1 is 1.04 bits per heavy atom. The highest BCUT2D eigenvalue weighted by Gasteiger charge is 2.12. The van der Waals surface area contributed by atoms with Crippen molar-refractivity contribution in [2.24, 2.45) is 0 Å². The number of nitrogens with one attached hydrogen (secondary N) is 1. The Labute approximate surface area is 163 Å². The molecule has 1 heterocycles. The number of benzene rings is 2. The maximum absolute atomic E-state index is 12.4. The molecule has 0 atom stereocenters. The van der Waals surface area contributed by atoms with Gasteiger partial charge in [0.1, 0.15) is 0 Å². The standard InChI is InChI=1S/C22H22N4O2/c1-3-26(4-2)22(28)16-8-7-9-17(14-16)25-21(27)13-12-18-15-23-19-10-5-6-11-20(19)24-18/h5-15H,3-4H2,1-2H3,(H,25,27)/b13-12+. The highest BCUT2D eigenvalue weighted by molar-refractivity contribution is 6.03. The van der Waals surface area contributed by atoms with Crippen molar-refractivity contribution in [2.45, 2.75) is 13.8 Å². The van der Waals surface area contributed by atoms with Gasteiger partial charge in [-0.25, -0.2) is 4.98 Å². The summed E-state index contributed by atoms with van der Waals surface area (Å²) >= 11 is 0. The number of nitrogens with zero attached hydrogens (tertiary/aromatic N) is 3. The lowest BCUT2D eigenvalue weighted by Crippen LogP contribution is -2.30. The second-order valence-electron chi connectivity index (χ2n) is 6.16. The van der Waals surface area contributed by atoms with E-state index in [1.54, 1.807) is 41.4 Å². The van der Waals surface area contributed by atoms with Crippen molar-refractivity contribution in [3.05, 3.63) is 72.1 Å². The lowest BCUT2D eigenvalue weighted by atomic mass is 10.1. The van der Waals surface area contributed by atoms with E-state index in [4.69, 9.17) is 0 Å². The molecule has 0 aliphatic carbocycles. The second kappa shape index (κ2) is 8.90. The van der Waals surface area contributed by atoms with Gasteiger partial charge in [-0.3, -0.25) is 14.6 Å². The van der Waals surface area contributed by atoms with E-state index in [0.717, 1.165) is 11.0 Å². The van der Waals surface area contributed by atoms with Crippen LogP contribution in [0.2, 0.25) is 0 Å². The van der Waals surface area contributed by atoms with Crippen molar-refractivity contribution in [3.63, 3.8) is 0 Å². The second-order valence-corrected chi connectivity index (χ2v) is 6.16. The Bertz CT molecular complexity index is 1030. The molecule has 0 aliphatic heterocycles. The molecule has 6 nitrogen and oxygen atoms in total. The van der Waals surface area contributed by atoms with Crippen LogP contribution >= 0.6 is 0 Å². The summed E-state index contributed by atoms with van der Waals surface area (Å²) < 4.78 is 0. The van der Waals surface area contributed by atoms with Crippen LogP contribution in [0, 0.1) is 0 Å². The molecule has 2 amide bonds. The Kier molecular flexibility index (Phi) is 6.11. The van der Waals surface area contributed by atoms with E-state index in [1.807, 2.05) is 38.1 Å².